The molecule has 1 heterocycles. The molecule has 7 heteroatoms. The van der Waals surface area contributed by atoms with Crippen LogP contribution in [-0.2, 0) is 16.1 Å². The molecule has 0 saturated heterocycles. The molecule has 1 aliphatic heterocycles. The van der Waals surface area contributed by atoms with Crippen LogP contribution >= 0.6 is 0 Å². The van der Waals surface area contributed by atoms with Gasteiger partial charge in [-0.15, -0.1) is 0 Å². The third-order valence-electron chi connectivity index (χ3n) is 5.78. The normalized spacial score (nSPS) is 13.7. The molecule has 0 bridgehead atoms. The molecule has 172 valence electrons. The van der Waals surface area contributed by atoms with E-state index in [-0.39, 0.29) is 5.04 Å². The molecule has 0 N–H and O–H groups in total. The van der Waals surface area contributed by atoms with Gasteiger partial charge in [0.25, 0.3) is 0 Å². The zero-order valence-corrected chi connectivity index (χ0v) is 20.7. The maximum atomic E-state index is 11.2. The minimum absolute atomic E-state index is 0.0614. The Balaban J connectivity index is 1.79. The van der Waals surface area contributed by atoms with E-state index in [1.807, 2.05) is 36.4 Å². The second-order valence-electron chi connectivity index (χ2n) is 9.18. The first-order valence-electron chi connectivity index (χ1n) is 10.7. The van der Waals surface area contributed by atoms with Crippen LogP contribution in [-0.4, -0.2) is 34.6 Å². The van der Waals surface area contributed by atoms with Crippen molar-refractivity contribution in [3.8, 4) is 23.0 Å². The van der Waals surface area contributed by atoms with E-state index in [2.05, 4.69) is 38.6 Å². The molecule has 0 aliphatic carbocycles. The topological polar surface area (TPSA) is 63.2 Å². The Bertz CT molecular complexity index is 973. The smallest absolute Gasteiger partial charge is 0.330 e. The molecule has 0 aromatic heterocycles. The quantitative estimate of drug-likeness (QED) is 0.307. The van der Waals surface area contributed by atoms with Crippen molar-refractivity contribution < 1.29 is 28.2 Å². The Morgan fingerprint density at radius 2 is 1.69 bits per heavy atom. The van der Waals surface area contributed by atoms with E-state index in [4.69, 9.17) is 18.6 Å². The largest absolute Gasteiger partial charge is 0.543 e. The summed E-state index contributed by atoms with van der Waals surface area (Å²) in [6.45, 7) is 12.5. The van der Waals surface area contributed by atoms with Gasteiger partial charge in [-0.05, 0) is 48.0 Å². The number of hydrogen-bond donors (Lipinski definition) is 0. The summed E-state index contributed by atoms with van der Waals surface area (Å²) in [5.41, 5.74) is 1.79. The molecule has 0 saturated carbocycles. The van der Waals surface area contributed by atoms with E-state index >= 15 is 0 Å². The minimum atomic E-state index is -2.06. The maximum Gasteiger partial charge on any atom is 0.330 e. The van der Waals surface area contributed by atoms with Gasteiger partial charge in [-0.3, -0.25) is 0 Å². The Labute approximate surface area is 191 Å². The lowest BCUT2D eigenvalue weighted by Crippen LogP contribution is -2.44. The average molecular weight is 457 g/mol. The van der Waals surface area contributed by atoms with Gasteiger partial charge in [0, 0.05) is 17.7 Å². The Morgan fingerprint density at radius 3 is 2.28 bits per heavy atom. The molecule has 2 aromatic carbocycles. The van der Waals surface area contributed by atoms with Gasteiger partial charge in [-0.2, -0.15) is 0 Å². The molecule has 0 radical (unpaired) electrons. The first kappa shape index (κ1) is 23.7. The SMILES string of the molecule is COC(=O)/C=C/c1ccc(OCc2cc3c(cc2O[Si](C)(C)C(C)(C)C)OCCO3)cc1. The molecule has 0 fully saturated rings. The lowest BCUT2D eigenvalue weighted by molar-refractivity contribution is -0.134. The van der Waals surface area contributed by atoms with E-state index in [0.29, 0.717) is 37.1 Å². The van der Waals surface area contributed by atoms with Gasteiger partial charge in [0.05, 0.1) is 7.11 Å². The van der Waals surface area contributed by atoms with Crippen molar-refractivity contribution in [1.29, 1.82) is 0 Å². The lowest BCUT2D eigenvalue weighted by atomic mass is 10.1. The highest BCUT2D eigenvalue weighted by atomic mass is 28.4. The van der Waals surface area contributed by atoms with Crippen LogP contribution in [0.3, 0.4) is 0 Å². The zero-order chi connectivity index (χ0) is 23.4. The number of fused-ring (bicyclic) bond motifs is 1. The van der Waals surface area contributed by atoms with Gasteiger partial charge >= 0.3 is 5.97 Å². The van der Waals surface area contributed by atoms with Gasteiger partial charge in [0.15, 0.2) is 11.5 Å². The lowest BCUT2D eigenvalue weighted by Gasteiger charge is -2.37. The fraction of sp³-hybridized carbons (Fsp3) is 0.400. The predicted molar refractivity (Wildman–Crippen MR) is 127 cm³/mol. The van der Waals surface area contributed by atoms with Gasteiger partial charge in [0.2, 0.25) is 8.32 Å². The average Bonchev–Trinajstić information content (AvgIpc) is 2.75. The minimum Gasteiger partial charge on any atom is -0.543 e. The molecular weight excluding hydrogens is 424 g/mol. The number of carbonyl (C=O) groups excluding carboxylic acids is 1. The summed E-state index contributed by atoms with van der Waals surface area (Å²) in [6, 6.07) is 11.4. The monoisotopic (exact) mass is 456 g/mol. The highest BCUT2D eigenvalue weighted by Gasteiger charge is 2.39. The van der Waals surface area contributed by atoms with E-state index in [0.717, 1.165) is 16.9 Å². The van der Waals surface area contributed by atoms with Crippen LogP contribution in [0.15, 0.2) is 42.5 Å². The number of methoxy groups -OCH3 is 1. The standard InChI is InChI=1S/C25H32O6Si/c1-25(2,3)32(5,6)31-21-16-23-22(28-13-14-29-23)15-19(21)17-30-20-10-7-18(8-11-20)9-12-24(26)27-4/h7-12,15-16H,13-14,17H2,1-6H3/b12-9+. The summed E-state index contributed by atoms with van der Waals surface area (Å²) in [5.74, 6) is 2.52. The van der Waals surface area contributed by atoms with Crippen molar-refractivity contribution in [3.05, 3.63) is 53.6 Å². The molecule has 0 spiro atoms. The third-order valence-corrected chi connectivity index (χ3v) is 10.1. The summed E-state index contributed by atoms with van der Waals surface area (Å²) in [4.78, 5) is 11.2. The first-order valence-corrected chi connectivity index (χ1v) is 13.6. The van der Waals surface area contributed by atoms with Crippen molar-refractivity contribution in [1.82, 2.24) is 0 Å². The second kappa shape index (κ2) is 9.69. The maximum absolute atomic E-state index is 11.2. The summed E-state index contributed by atoms with van der Waals surface area (Å²) in [5, 5.41) is 0.0614. The molecule has 0 amide bonds. The van der Waals surface area contributed by atoms with Crippen molar-refractivity contribution in [2.24, 2.45) is 0 Å². The molecule has 2 aromatic rings. The number of esters is 1. The molecule has 0 unspecified atom stereocenters. The van der Waals surface area contributed by atoms with Crippen molar-refractivity contribution >= 4 is 20.4 Å². The number of ether oxygens (including phenoxy) is 4. The fourth-order valence-corrected chi connectivity index (χ4v) is 3.86. The Morgan fingerprint density at radius 1 is 1.06 bits per heavy atom. The third kappa shape index (κ3) is 5.85. The molecule has 32 heavy (non-hydrogen) atoms. The van der Waals surface area contributed by atoms with E-state index in [9.17, 15) is 4.79 Å². The van der Waals surface area contributed by atoms with Gasteiger partial charge in [0.1, 0.15) is 31.3 Å². The van der Waals surface area contributed by atoms with Crippen LogP contribution in [0.25, 0.3) is 6.08 Å². The number of rotatable bonds is 7. The summed E-state index contributed by atoms with van der Waals surface area (Å²) in [6.07, 6.45) is 3.08. The van der Waals surface area contributed by atoms with Crippen molar-refractivity contribution in [3.63, 3.8) is 0 Å². The van der Waals surface area contributed by atoms with Crippen LogP contribution in [0, 0.1) is 0 Å². The number of benzene rings is 2. The number of carbonyl (C=O) groups is 1. The summed E-state index contributed by atoms with van der Waals surface area (Å²) in [7, 11) is -0.705. The predicted octanol–water partition coefficient (Wildman–Crippen LogP) is 5.61. The first-order chi connectivity index (χ1) is 15.1. The van der Waals surface area contributed by atoms with E-state index < -0.39 is 14.3 Å². The number of hydrogen-bond acceptors (Lipinski definition) is 6. The van der Waals surface area contributed by atoms with Crippen molar-refractivity contribution in [2.75, 3.05) is 20.3 Å². The van der Waals surface area contributed by atoms with Crippen molar-refractivity contribution in [2.45, 2.75) is 45.5 Å². The van der Waals surface area contributed by atoms with E-state index in [1.165, 1.54) is 13.2 Å². The molecule has 0 atom stereocenters. The molecular formula is C25H32O6Si. The van der Waals surface area contributed by atoms with Crippen LogP contribution < -0.4 is 18.6 Å². The summed E-state index contributed by atoms with van der Waals surface area (Å²) < 4.78 is 28.8. The van der Waals surface area contributed by atoms with Crippen LogP contribution in [0.2, 0.25) is 18.1 Å². The van der Waals surface area contributed by atoms with Crippen LogP contribution in [0.4, 0.5) is 0 Å². The van der Waals surface area contributed by atoms with Gasteiger partial charge in [-0.25, -0.2) is 4.79 Å². The Kier molecular flexibility index (Phi) is 7.18. The van der Waals surface area contributed by atoms with Crippen LogP contribution in [0.1, 0.15) is 31.9 Å². The molecule has 6 nitrogen and oxygen atoms in total. The zero-order valence-electron chi connectivity index (χ0n) is 19.7. The highest BCUT2D eigenvalue weighted by Crippen LogP contribution is 2.42. The highest BCUT2D eigenvalue weighted by molar-refractivity contribution is 6.74. The van der Waals surface area contributed by atoms with Gasteiger partial charge in [-0.1, -0.05) is 32.9 Å². The molecule has 1 aliphatic rings. The fourth-order valence-electron chi connectivity index (χ4n) is 2.82. The summed E-state index contributed by atoms with van der Waals surface area (Å²) >= 11 is 0. The molecule has 3 rings (SSSR count). The van der Waals surface area contributed by atoms with E-state index in [1.54, 1.807) is 6.08 Å². The second-order valence-corrected chi connectivity index (χ2v) is 13.9. The van der Waals surface area contributed by atoms with Gasteiger partial charge < -0.3 is 23.4 Å². The van der Waals surface area contributed by atoms with Crippen LogP contribution in [0.5, 0.6) is 23.0 Å². The Hall–Kier alpha value is -2.93.